The average Bonchev–Trinajstić information content (AvgIpc) is 2.69. The number of aliphatic hydroxyl groups excluding tert-OH is 3. The third-order valence-corrected chi connectivity index (χ3v) is 9.55. The summed E-state index contributed by atoms with van der Waals surface area (Å²) >= 11 is 0. The Morgan fingerprint density at radius 1 is 0.917 bits per heavy atom. The molecule has 0 heterocycles. The third kappa shape index (κ3) is 1.84. The van der Waals surface area contributed by atoms with E-state index in [0.29, 0.717) is 18.3 Å². The van der Waals surface area contributed by atoms with Crippen LogP contribution in [-0.4, -0.2) is 45.3 Å². The van der Waals surface area contributed by atoms with Crippen molar-refractivity contribution >= 4 is 0 Å². The topological polar surface area (TPSA) is 80.9 Å². The molecule has 1 spiro atoms. The molecule has 5 fully saturated rings. The van der Waals surface area contributed by atoms with E-state index in [4.69, 9.17) is 0 Å². The SMILES string of the molecule is C[C@@]1(CO)[C@H](O)C[C@@]2(C)[C@H]1CC[C@H]1C[C@@H]3CCC12CC[C@]3(O)CO. The lowest BCUT2D eigenvalue weighted by atomic mass is 9.43. The van der Waals surface area contributed by atoms with E-state index in [1.54, 1.807) is 0 Å². The lowest BCUT2D eigenvalue weighted by Crippen LogP contribution is -2.55. The summed E-state index contributed by atoms with van der Waals surface area (Å²) in [6, 6.07) is 0. The molecule has 0 saturated heterocycles. The van der Waals surface area contributed by atoms with E-state index in [2.05, 4.69) is 13.8 Å². The monoisotopic (exact) mass is 338 g/mol. The van der Waals surface area contributed by atoms with Crippen molar-refractivity contribution < 1.29 is 20.4 Å². The van der Waals surface area contributed by atoms with Crippen LogP contribution in [0.3, 0.4) is 0 Å². The molecule has 4 nitrogen and oxygen atoms in total. The Kier molecular flexibility index (Phi) is 3.73. The lowest BCUT2D eigenvalue weighted by Gasteiger charge is -2.61. The molecule has 0 aromatic carbocycles. The lowest BCUT2D eigenvalue weighted by molar-refractivity contribution is -0.137. The fourth-order valence-corrected chi connectivity index (χ4v) is 7.94. The minimum Gasteiger partial charge on any atom is -0.396 e. The van der Waals surface area contributed by atoms with Crippen molar-refractivity contribution in [3.05, 3.63) is 0 Å². The van der Waals surface area contributed by atoms with Crippen LogP contribution in [0.2, 0.25) is 0 Å². The molecule has 5 aliphatic carbocycles. The summed E-state index contributed by atoms with van der Waals surface area (Å²) in [4.78, 5) is 0. The van der Waals surface area contributed by atoms with Gasteiger partial charge >= 0.3 is 0 Å². The summed E-state index contributed by atoms with van der Waals surface area (Å²) in [5, 5.41) is 41.7. The van der Waals surface area contributed by atoms with Crippen LogP contribution in [0.25, 0.3) is 0 Å². The van der Waals surface area contributed by atoms with E-state index in [1.165, 1.54) is 0 Å². The minimum atomic E-state index is -0.913. The third-order valence-electron chi connectivity index (χ3n) is 9.55. The van der Waals surface area contributed by atoms with Gasteiger partial charge in [-0.25, -0.2) is 0 Å². The number of aliphatic hydroxyl groups is 4. The van der Waals surface area contributed by atoms with Crippen LogP contribution in [0.1, 0.15) is 65.2 Å². The molecule has 0 aliphatic heterocycles. The van der Waals surface area contributed by atoms with Gasteiger partial charge in [-0.1, -0.05) is 13.8 Å². The molecule has 4 N–H and O–H groups in total. The molecule has 0 amide bonds. The van der Waals surface area contributed by atoms with E-state index >= 15 is 0 Å². The highest BCUT2D eigenvalue weighted by atomic mass is 16.3. The van der Waals surface area contributed by atoms with E-state index in [9.17, 15) is 20.4 Å². The second kappa shape index (κ2) is 5.18. The maximum atomic E-state index is 11.0. The van der Waals surface area contributed by atoms with Gasteiger partial charge in [0.05, 0.1) is 24.9 Å². The van der Waals surface area contributed by atoms with Crippen molar-refractivity contribution in [2.75, 3.05) is 13.2 Å². The minimum absolute atomic E-state index is 0.0263. The molecule has 1 unspecified atom stereocenters. The van der Waals surface area contributed by atoms with Gasteiger partial charge in [0.2, 0.25) is 0 Å². The van der Waals surface area contributed by atoms with Crippen LogP contribution < -0.4 is 0 Å². The first-order valence-electron chi connectivity index (χ1n) is 9.88. The van der Waals surface area contributed by atoms with E-state index in [1.807, 2.05) is 0 Å². The molecule has 0 radical (unpaired) electrons. The Bertz CT molecular complexity index is 524. The van der Waals surface area contributed by atoms with Gasteiger partial charge in [-0.2, -0.15) is 0 Å². The maximum absolute atomic E-state index is 11.0. The zero-order valence-corrected chi connectivity index (χ0v) is 15.2. The van der Waals surface area contributed by atoms with Crippen LogP contribution in [0.4, 0.5) is 0 Å². The first-order valence-corrected chi connectivity index (χ1v) is 9.88. The standard InChI is InChI=1S/C20H34O4/c1-17(11-21)15-4-3-13-9-14-5-6-19(13,7-8-20(14,24)12-22)18(15,2)10-16(17)23/h13-16,21-24H,3-12H2,1-2H3/t13-,14-,15-,16+,17-,18-,19?,20-/m0/s1. The molecule has 0 aromatic heterocycles. The summed E-state index contributed by atoms with van der Waals surface area (Å²) in [6.45, 7) is 4.35. The van der Waals surface area contributed by atoms with Crippen molar-refractivity contribution in [2.45, 2.75) is 76.9 Å². The normalized spacial score (nSPS) is 59.8. The molecule has 2 bridgehead atoms. The van der Waals surface area contributed by atoms with Gasteiger partial charge in [-0.05, 0) is 80.0 Å². The number of rotatable bonds is 2. The maximum Gasteiger partial charge on any atom is 0.0905 e. The van der Waals surface area contributed by atoms with E-state index in [-0.39, 0.29) is 30.0 Å². The van der Waals surface area contributed by atoms with Gasteiger partial charge < -0.3 is 20.4 Å². The van der Waals surface area contributed by atoms with Gasteiger partial charge in [-0.3, -0.25) is 0 Å². The Labute approximate surface area is 145 Å². The molecule has 5 saturated carbocycles. The first kappa shape index (κ1) is 17.3. The van der Waals surface area contributed by atoms with Crippen molar-refractivity contribution in [2.24, 2.45) is 34.0 Å². The second-order valence-corrected chi connectivity index (χ2v) is 10.0. The number of fused-ring (bicyclic) bond motifs is 4. The summed E-state index contributed by atoms with van der Waals surface area (Å²) < 4.78 is 0. The Morgan fingerprint density at radius 3 is 2.33 bits per heavy atom. The smallest absolute Gasteiger partial charge is 0.0905 e. The fraction of sp³-hybridized carbons (Fsp3) is 1.00. The fourth-order valence-electron chi connectivity index (χ4n) is 7.94. The van der Waals surface area contributed by atoms with Crippen LogP contribution in [0.5, 0.6) is 0 Å². The van der Waals surface area contributed by atoms with E-state index < -0.39 is 17.1 Å². The highest BCUT2D eigenvalue weighted by Gasteiger charge is 2.70. The molecule has 138 valence electrons. The van der Waals surface area contributed by atoms with Crippen LogP contribution in [0.15, 0.2) is 0 Å². The average molecular weight is 338 g/mol. The highest BCUT2D eigenvalue weighted by Crippen LogP contribution is 2.74. The van der Waals surface area contributed by atoms with Crippen molar-refractivity contribution in [3.63, 3.8) is 0 Å². The van der Waals surface area contributed by atoms with E-state index in [0.717, 1.165) is 44.9 Å². The second-order valence-electron chi connectivity index (χ2n) is 10.0. The molecule has 0 aromatic rings. The molecule has 4 heteroatoms. The molecule has 24 heavy (non-hydrogen) atoms. The van der Waals surface area contributed by atoms with Crippen molar-refractivity contribution in [1.82, 2.24) is 0 Å². The molecule has 5 rings (SSSR count). The highest BCUT2D eigenvalue weighted by molar-refractivity contribution is 5.19. The van der Waals surface area contributed by atoms with Crippen LogP contribution in [-0.2, 0) is 0 Å². The van der Waals surface area contributed by atoms with Crippen molar-refractivity contribution in [3.8, 4) is 0 Å². The zero-order chi connectivity index (χ0) is 17.4. The summed E-state index contributed by atoms with van der Waals surface area (Å²) in [6.07, 6.45) is 7.28. The van der Waals surface area contributed by atoms with Crippen molar-refractivity contribution in [1.29, 1.82) is 0 Å². The van der Waals surface area contributed by atoms with Gasteiger partial charge in [0.25, 0.3) is 0 Å². The predicted molar refractivity (Wildman–Crippen MR) is 91.2 cm³/mol. The van der Waals surface area contributed by atoms with Crippen LogP contribution >= 0.6 is 0 Å². The Hall–Kier alpha value is -0.160. The Balaban J connectivity index is 1.77. The molecule has 8 atom stereocenters. The molecular formula is C20H34O4. The summed E-state index contributed by atoms with van der Waals surface area (Å²) in [7, 11) is 0. The molecular weight excluding hydrogens is 304 g/mol. The van der Waals surface area contributed by atoms with Gasteiger partial charge in [0.15, 0.2) is 0 Å². The number of hydrogen-bond acceptors (Lipinski definition) is 4. The largest absolute Gasteiger partial charge is 0.396 e. The van der Waals surface area contributed by atoms with Crippen LogP contribution in [0, 0.1) is 34.0 Å². The van der Waals surface area contributed by atoms with Gasteiger partial charge in [0, 0.05) is 5.41 Å². The zero-order valence-electron chi connectivity index (χ0n) is 15.2. The Morgan fingerprint density at radius 2 is 1.67 bits per heavy atom. The quantitative estimate of drug-likeness (QED) is 0.621. The first-order chi connectivity index (χ1) is 11.3. The predicted octanol–water partition coefficient (Wildman–Crippen LogP) is 2.09. The van der Waals surface area contributed by atoms with Gasteiger partial charge in [0.1, 0.15) is 0 Å². The van der Waals surface area contributed by atoms with Gasteiger partial charge in [-0.15, -0.1) is 0 Å². The summed E-state index contributed by atoms with van der Waals surface area (Å²) in [5.41, 5.74) is -1.13. The number of hydrogen-bond donors (Lipinski definition) is 4. The summed E-state index contributed by atoms with van der Waals surface area (Å²) in [5.74, 6) is 1.16. The molecule has 5 aliphatic rings.